The number of aliphatic hydroxyl groups is 1. The topological polar surface area (TPSA) is 23.5 Å². The number of thiocarbonyl (C=S) groups is 1. The number of rotatable bonds is 3. The van der Waals surface area contributed by atoms with Crippen LogP contribution >= 0.6 is 12.2 Å². The number of benzene rings is 2. The number of likely N-dealkylation sites (N-methyl/N-ethyl adjacent to an activating group) is 1. The van der Waals surface area contributed by atoms with E-state index in [1.807, 2.05) is 78.6 Å². The first-order valence-corrected chi connectivity index (χ1v) is 7.46. The van der Waals surface area contributed by atoms with E-state index in [4.69, 9.17) is 12.2 Å². The van der Waals surface area contributed by atoms with Crippen molar-refractivity contribution in [2.75, 3.05) is 6.54 Å². The Morgan fingerprint density at radius 1 is 1.10 bits per heavy atom. The first kappa shape index (κ1) is 14.0. The van der Waals surface area contributed by atoms with Crippen molar-refractivity contribution in [2.45, 2.75) is 12.6 Å². The highest BCUT2D eigenvalue weighted by Gasteiger charge is 2.43. The van der Waals surface area contributed by atoms with Crippen LogP contribution in [0.2, 0.25) is 0 Å². The SMILES string of the molecule is CCN1C(=S)c2ccccc2C1(O)/C=C/c1ccccc1. The molecule has 3 rings (SSSR count). The highest BCUT2D eigenvalue weighted by atomic mass is 32.1. The third kappa shape index (κ3) is 2.28. The smallest absolute Gasteiger partial charge is 0.185 e. The fourth-order valence-corrected chi connectivity index (χ4v) is 3.22. The van der Waals surface area contributed by atoms with Crippen molar-refractivity contribution in [1.29, 1.82) is 0 Å². The Morgan fingerprint density at radius 3 is 2.48 bits per heavy atom. The molecule has 1 heterocycles. The van der Waals surface area contributed by atoms with E-state index in [2.05, 4.69) is 0 Å². The lowest BCUT2D eigenvalue weighted by molar-refractivity contribution is -0.0174. The molecule has 0 aromatic heterocycles. The second-order valence-electron chi connectivity index (χ2n) is 5.07. The summed E-state index contributed by atoms with van der Waals surface area (Å²) >= 11 is 5.51. The normalized spacial score (nSPS) is 21.0. The summed E-state index contributed by atoms with van der Waals surface area (Å²) in [4.78, 5) is 2.56. The van der Waals surface area contributed by atoms with Gasteiger partial charge >= 0.3 is 0 Å². The van der Waals surface area contributed by atoms with Gasteiger partial charge < -0.3 is 10.0 Å². The first-order valence-electron chi connectivity index (χ1n) is 7.05. The molecule has 0 fully saturated rings. The summed E-state index contributed by atoms with van der Waals surface area (Å²) in [6.07, 6.45) is 3.76. The van der Waals surface area contributed by atoms with Crippen molar-refractivity contribution < 1.29 is 5.11 Å². The van der Waals surface area contributed by atoms with Gasteiger partial charge in [-0.2, -0.15) is 0 Å². The average Bonchev–Trinajstić information content (AvgIpc) is 2.75. The van der Waals surface area contributed by atoms with Gasteiger partial charge in [-0.15, -0.1) is 0 Å². The summed E-state index contributed by atoms with van der Waals surface area (Å²) in [6.45, 7) is 2.66. The van der Waals surface area contributed by atoms with Gasteiger partial charge in [0.05, 0.1) is 0 Å². The molecule has 2 aromatic carbocycles. The van der Waals surface area contributed by atoms with Gasteiger partial charge in [0.15, 0.2) is 5.72 Å². The number of fused-ring (bicyclic) bond motifs is 1. The van der Waals surface area contributed by atoms with Crippen molar-refractivity contribution >= 4 is 23.3 Å². The lowest BCUT2D eigenvalue weighted by Gasteiger charge is -2.32. The molecule has 0 radical (unpaired) electrons. The Kier molecular flexibility index (Phi) is 3.62. The van der Waals surface area contributed by atoms with Crippen molar-refractivity contribution in [3.63, 3.8) is 0 Å². The van der Waals surface area contributed by atoms with Crippen LogP contribution < -0.4 is 0 Å². The third-order valence-corrected chi connectivity index (χ3v) is 4.27. The fraction of sp³-hybridized carbons (Fsp3) is 0.167. The lowest BCUT2D eigenvalue weighted by atomic mass is 10.00. The minimum atomic E-state index is -1.17. The number of hydrogen-bond acceptors (Lipinski definition) is 2. The van der Waals surface area contributed by atoms with Gasteiger partial charge in [0.25, 0.3) is 0 Å². The maximum Gasteiger partial charge on any atom is 0.185 e. The quantitative estimate of drug-likeness (QED) is 0.876. The average molecular weight is 295 g/mol. The molecule has 0 aliphatic carbocycles. The Labute approximate surface area is 130 Å². The van der Waals surface area contributed by atoms with Crippen LogP contribution in [0.3, 0.4) is 0 Å². The summed E-state index contributed by atoms with van der Waals surface area (Å²) in [5, 5.41) is 11.2. The Hall–Kier alpha value is -1.97. The van der Waals surface area contributed by atoms with Crippen molar-refractivity contribution in [3.05, 3.63) is 77.4 Å². The third-order valence-electron chi connectivity index (χ3n) is 3.83. The first-order chi connectivity index (χ1) is 10.2. The van der Waals surface area contributed by atoms with Gasteiger partial charge in [-0.3, -0.25) is 0 Å². The molecule has 0 amide bonds. The molecule has 0 bridgehead atoms. The van der Waals surface area contributed by atoms with Gasteiger partial charge in [0, 0.05) is 17.7 Å². The van der Waals surface area contributed by atoms with Gasteiger partial charge in [-0.05, 0) is 18.6 Å². The Balaban J connectivity index is 2.06. The molecular weight excluding hydrogens is 278 g/mol. The summed E-state index contributed by atoms with van der Waals surface area (Å²) in [7, 11) is 0. The second kappa shape index (κ2) is 5.43. The molecule has 2 aromatic rings. The van der Waals surface area contributed by atoms with E-state index in [-0.39, 0.29) is 0 Å². The number of nitrogens with zero attached hydrogens (tertiary/aromatic N) is 1. The highest BCUT2D eigenvalue weighted by Crippen LogP contribution is 2.38. The van der Waals surface area contributed by atoms with Crippen molar-refractivity contribution in [1.82, 2.24) is 4.90 Å². The van der Waals surface area contributed by atoms with Crippen LogP contribution in [0.1, 0.15) is 23.6 Å². The maximum atomic E-state index is 11.2. The van der Waals surface area contributed by atoms with Gasteiger partial charge in [-0.25, -0.2) is 0 Å². The monoisotopic (exact) mass is 295 g/mol. The minimum Gasteiger partial charge on any atom is -0.363 e. The minimum absolute atomic E-state index is 0.656. The molecule has 1 N–H and O–H groups in total. The summed E-state index contributed by atoms with van der Waals surface area (Å²) in [5.41, 5.74) is 1.68. The second-order valence-corrected chi connectivity index (χ2v) is 5.45. The summed E-state index contributed by atoms with van der Waals surface area (Å²) in [5.74, 6) is 0. The Bertz CT molecular complexity index is 695. The van der Waals surface area contributed by atoms with Crippen LogP contribution in [0.5, 0.6) is 0 Å². The van der Waals surface area contributed by atoms with Crippen LogP contribution in [0.4, 0.5) is 0 Å². The molecule has 21 heavy (non-hydrogen) atoms. The van der Waals surface area contributed by atoms with E-state index in [0.29, 0.717) is 11.5 Å². The van der Waals surface area contributed by atoms with E-state index in [1.54, 1.807) is 0 Å². The lowest BCUT2D eigenvalue weighted by Crippen LogP contribution is -2.41. The maximum absolute atomic E-state index is 11.2. The van der Waals surface area contributed by atoms with Crippen molar-refractivity contribution in [2.24, 2.45) is 0 Å². The van der Waals surface area contributed by atoms with Gasteiger partial charge in [-0.1, -0.05) is 72.9 Å². The molecule has 3 heteroatoms. The zero-order valence-electron chi connectivity index (χ0n) is 11.9. The zero-order valence-corrected chi connectivity index (χ0v) is 12.7. The van der Waals surface area contributed by atoms with Crippen LogP contribution in [0.25, 0.3) is 6.08 Å². The predicted octanol–water partition coefficient (Wildman–Crippen LogP) is 3.56. The predicted molar refractivity (Wildman–Crippen MR) is 89.9 cm³/mol. The zero-order chi connectivity index (χ0) is 14.9. The molecular formula is C18H17NOS. The van der Waals surface area contributed by atoms with Crippen LogP contribution in [0, 0.1) is 0 Å². The van der Waals surface area contributed by atoms with E-state index in [0.717, 1.165) is 16.7 Å². The Morgan fingerprint density at radius 2 is 1.76 bits per heavy atom. The van der Waals surface area contributed by atoms with Crippen LogP contribution in [-0.2, 0) is 5.72 Å². The molecule has 1 unspecified atom stereocenters. The molecule has 0 saturated carbocycles. The number of hydrogen-bond donors (Lipinski definition) is 1. The molecule has 1 atom stereocenters. The molecule has 106 valence electrons. The standard InChI is InChI=1S/C18H17NOS/c1-2-19-17(21)15-10-6-7-11-16(15)18(19,20)13-12-14-8-4-3-5-9-14/h3-13,20H,2H2,1H3/b13-12+. The fourth-order valence-electron chi connectivity index (χ4n) is 2.78. The van der Waals surface area contributed by atoms with Gasteiger partial charge in [0.2, 0.25) is 0 Å². The summed E-state index contributed by atoms with van der Waals surface area (Å²) in [6, 6.07) is 17.7. The summed E-state index contributed by atoms with van der Waals surface area (Å²) < 4.78 is 0. The van der Waals surface area contributed by atoms with E-state index in [1.165, 1.54) is 0 Å². The van der Waals surface area contributed by atoms with E-state index in [9.17, 15) is 5.11 Å². The van der Waals surface area contributed by atoms with Crippen LogP contribution in [-0.4, -0.2) is 21.5 Å². The van der Waals surface area contributed by atoms with E-state index >= 15 is 0 Å². The largest absolute Gasteiger partial charge is 0.363 e. The molecule has 0 saturated heterocycles. The molecule has 1 aliphatic rings. The van der Waals surface area contributed by atoms with Gasteiger partial charge in [0.1, 0.15) is 4.99 Å². The van der Waals surface area contributed by atoms with Crippen molar-refractivity contribution in [3.8, 4) is 0 Å². The van der Waals surface area contributed by atoms with Crippen LogP contribution in [0.15, 0.2) is 60.7 Å². The van der Waals surface area contributed by atoms with E-state index < -0.39 is 5.72 Å². The molecule has 1 aliphatic heterocycles. The molecule has 0 spiro atoms. The highest BCUT2D eigenvalue weighted by molar-refractivity contribution is 7.80. The molecule has 2 nitrogen and oxygen atoms in total.